The summed E-state index contributed by atoms with van der Waals surface area (Å²) in [6.45, 7) is 19.3. The fourth-order valence-electron chi connectivity index (χ4n) is 12.9. The molecule has 6 rings (SSSR count). The van der Waals surface area contributed by atoms with Gasteiger partial charge in [0, 0.05) is 18.4 Å². The van der Waals surface area contributed by atoms with Crippen LogP contribution in [0.25, 0.3) is 0 Å². The SMILES string of the molecule is C[C@H](NC(=O)CCCCCNC(=O)[C@]12CCC(C)(C)CC1C1=CCC3[C@@]4(C)CC[C@H](OC(=O)c5ccccc5)C(C)(C)C4CC[C@@]3(C)[C@]1(C)CC2)C(=O)O. The smallest absolute Gasteiger partial charge is 0.338 e. The average molecular weight is 745 g/mol. The van der Waals surface area contributed by atoms with Crippen LogP contribution in [-0.2, 0) is 19.1 Å². The van der Waals surface area contributed by atoms with Crippen LogP contribution < -0.4 is 10.6 Å². The lowest BCUT2D eigenvalue weighted by molar-refractivity contribution is -0.204. The Morgan fingerprint density at radius 3 is 2.26 bits per heavy atom. The summed E-state index contributed by atoms with van der Waals surface area (Å²) in [5, 5.41) is 14.9. The topological polar surface area (TPSA) is 122 Å². The number of carbonyl (C=O) groups is 4. The largest absolute Gasteiger partial charge is 0.480 e. The Labute approximate surface area is 324 Å². The molecule has 0 radical (unpaired) electrons. The number of hydrogen-bond acceptors (Lipinski definition) is 5. The molecule has 54 heavy (non-hydrogen) atoms. The monoisotopic (exact) mass is 745 g/mol. The lowest BCUT2D eigenvalue weighted by Gasteiger charge is -2.71. The lowest BCUT2D eigenvalue weighted by Crippen LogP contribution is -2.65. The number of unbranched alkanes of at least 4 members (excludes halogenated alkanes) is 2. The van der Waals surface area contributed by atoms with Crippen molar-refractivity contribution in [3.05, 3.63) is 47.5 Å². The molecule has 0 aliphatic heterocycles. The van der Waals surface area contributed by atoms with Gasteiger partial charge in [-0.2, -0.15) is 0 Å². The molecule has 4 saturated carbocycles. The molecular weight excluding hydrogens is 677 g/mol. The first kappa shape index (κ1) is 40.5. The minimum absolute atomic E-state index is 0.0191. The van der Waals surface area contributed by atoms with E-state index in [9.17, 15) is 19.2 Å². The van der Waals surface area contributed by atoms with Gasteiger partial charge in [-0.3, -0.25) is 14.4 Å². The number of carboxylic acid groups (broad SMARTS) is 1. The average Bonchev–Trinajstić information content (AvgIpc) is 3.11. The van der Waals surface area contributed by atoms with Crippen LogP contribution in [-0.4, -0.2) is 47.6 Å². The maximum atomic E-state index is 14.4. The maximum absolute atomic E-state index is 14.4. The Morgan fingerprint density at radius 1 is 0.852 bits per heavy atom. The number of carbonyl (C=O) groups excluding carboxylic acids is 3. The van der Waals surface area contributed by atoms with Crippen molar-refractivity contribution in [1.29, 1.82) is 0 Å². The van der Waals surface area contributed by atoms with Crippen molar-refractivity contribution in [1.82, 2.24) is 10.6 Å². The molecule has 0 saturated heterocycles. The van der Waals surface area contributed by atoms with Gasteiger partial charge in [0.2, 0.25) is 11.8 Å². The highest BCUT2D eigenvalue weighted by molar-refractivity contribution is 5.89. The van der Waals surface area contributed by atoms with E-state index in [0.29, 0.717) is 36.8 Å². The number of carboxylic acids is 1. The summed E-state index contributed by atoms with van der Waals surface area (Å²) >= 11 is 0. The van der Waals surface area contributed by atoms with Crippen molar-refractivity contribution in [2.75, 3.05) is 6.54 Å². The van der Waals surface area contributed by atoms with Crippen molar-refractivity contribution >= 4 is 23.8 Å². The van der Waals surface area contributed by atoms with Crippen LogP contribution in [0.4, 0.5) is 0 Å². The van der Waals surface area contributed by atoms with E-state index >= 15 is 0 Å². The van der Waals surface area contributed by atoms with E-state index in [4.69, 9.17) is 9.84 Å². The predicted octanol–water partition coefficient (Wildman–Crippen LogP) is 9.28. The zero-order valence-corrected chi connectivity index (χ0v) is 34.4. The van der Waals surface area contributed by atoms with Gasteiger partial charge in [-0.05, 0) is 136 Å². The zero-order chi connectivity index (χ0) is 39.3. The molecule has 9 atom stereocenters. The van der Waals surface area contributed by atoms with Gasteiger partial charge in [0.25, 0.3) is 0 Å². The predicted molar refractivity (Wildman–Crippen MR) is 211 cm³/mol. The third kappa shape index (κ3) is 6.95. The van der Waals surface area contributed by atoms with Crippen LogP contribution in [0, 0.1) is 50.2 Å². The maximum Gasteiger partial charge on any atom is 0.338 e. The zero-order valence-electron chi connectivity index (χ0n) is 34.4. The molecule has 8 heteroatoms. The van der Waals surface area contributed by atoms with Crippen LogP contribution in [0.15, 0.2) is 42.0 Å². The van der Waals surface area contributed by atoms with E-state index in [1.165, 1.54) is 6.92 Å². The van der Waals surface area contributed by atoms with Crippen LogP contribution >= 0.6 is 0 Å². The Bertz CT molecular complexity index is 1630. The van der Waals surface area contributed by atoms with E-state index in [1.54, 1.807) is 5.57 Å². The van der Waals surface area contributed by atoms with Crippen LogP contribution in [0.3, 0.4) is 0 Å². The number of hydrogen-bond donors (Lipinski definition) is 3. The number of esters is 1. The standard InChI is InChI=1S/C46H68N2O6/c1-30(38(50)51)48-37(49)17-13-10-14-28-47-40(53)46-26-24-41(2,3)29-33(46)32-18-19-35-43(6)22-21-36(54-39(52)31-15-11-9-12-16-31)42(4,5)34(43)20-23-45(35,8)44(32,7)25-27-46/h9,11-12,15-16,18,30,33-36H,10,13-14,17,19-29H2,1-8H3,(H,47,53)(H,48,49)(H,50,51)/t30-,33?,34?,35?,36-,43-,44+,45+,46-/m0/s1. The molecule has 5 aliphatic carbocycles. The first-order valence-electron chi connectivity index (χ1n) is 21.1. The second-order valence-electron chi connectivity index (χ2n) is 20.2. The second kappa shape index (κ2) is 14.7. The number of fused-ring (bicyclic) bond motifs is 7. The van der Waals surface area contributed by atoms with Crippen molar-refractivity contribution in [2.45, 2.75) is 157 Å². The summed E-state index contributed by atoms with van der Waals surface area (Å²) in [4.78, 5) is 50.8. The first-order chi connectivity index (χ1) is 25.3. The normalized spacial score (nSPS) is 36.8. The molecule has 0 spiro atoms. The van der Waals surface area contributed by atoms with E-state index in [1.807, 2.05) is 30.3 Å². The van der Waals surface area contributed by atoms with E-state index in [0.717, 1.165) is 77.0 Å². The van der Waals surface area contributed by atoms with Crippen LogP contribution in [0.1, 0.15) is 156 Å². The van der Waals surface area contributed by atoms with E-state index in [2.05, 4.69) is 65.2 Å². The van der Waals surface area contributed by atoms with Gasteiger partial charge in [-0.1, -0.05) is 84.7 Å². The molecule has 298 valence electrons. The van der Waals surface area contributed by atoms with Crippen molar-refractivity contribution in [2.24, 2.45) is 50.2 Å². The molecule has 4 fully saturated rings. The summed E-state index contributed by atoms with van der Waals surface area (Å²) in [6.07, 6.45) is 15.3. The number of nitrogens with one attached hydrogen (secondary N) is 2. The highest BCUT2D eigenvalue weighted by atomic mass is 16.5. The molecule has 8 nitrogen and oxygen atoms in total. The summed E-state index contributed by atoms with van der Waals surface area (Å²) in [5.74, 6) is -0.0760. The van der Waals surface area contributed by atoms with E-state index in [-0.39, 0.29) is 62.3 Å². The molecule has 1 aromatic carbocycles. The lowest BCUT2D eigenvalue weighted by atomic mass is 9.33. The Morgan fingerprint density at radius 2 is 1.56 bits per heavy atom. The van der Waals surface area contributed by atoms with Crippen LogP contribution in [0.5, 0.6) is 0 Å². The summed E-state index contributed by atoms with van der Waals surface area (Å²) in [7, 11) is 0. The number of aliphatic carboxylic acids is 1. The molecule has 1 aromatic rings. The molecule has 0 aromatic heterocycles. The number of rotatable bonds is 11. The highest BCUT2D eigenvalue weighted by Crippen LogP contribution is 2.76. The highest BCUT2D eigenvalue weighted by Gasteiger charge is 2.69. The molecular formula is C46H68N2O6. The minimum atomic E-state index is -1.04. The minimum Gasteiger partial charge on any atom is -0.480 e. The number of benzene rings is 1. The fraction of sp³-hybridized carbons (Fsp3) is 0.739. The van der Waals surface area contributed by atoms with Gasteiger partial charge < -0.3 is 20.5 Å². The van der Waals surface area contributed by atoms with Gasteiger partial charge in [0.05, 0.1) is 11.0 Å². The molecule has 5 aliphatic rings. The van der Waals surface area contributed by atoms with Gasteiger partial charge in [-0.15, -0.1) is 0 Å². The van der Waals surface area contributed by atoms with Crippen molar-refractivity contribution < 1.29 is 29.0 Å². The third-order valence-corrected chi connectivity index (χ3v) is 16.4. The molecule has 3 N–H and O–H groups in total. The van der Waals surface area contributed by atoms with Gasteiger partial charge in [0.15, 0.2) is 0 Å². The van der Waals surface area contributed by atoms with Gasteiger partial charge in [-0.25, -0.2) is 4.79 Å². The molecule has 0 bridgehead atoms. The number of ether oxygens (including phenoxy) is 1. The summed E-state index contributed by atoms with van der Waals surface area (Å²) in [6, 6.07) is 8.52. The second-order valence-corrected chi connectivity index (χ2v) is 20.2. The number of allylic oxidation sites excluding steroid dienone is 2. The first-order valence-corrected chi connectivity index (χ1v) is 21.1. The molecule has 0 heterocycles. The quantitative estimate of drug-likeness (QED) is 0.118. The molecule has 3 unspecified atom stereocenters. The van der Waals surface area contributed by atoms with Crippen molar-refractivity contribution in [3.63, 3.8) is 0 Å². The third-order valence-electron chi connectivity index (χ3n) is 16.4. The number of amides is 2. The van der Waals surface area contributed by atoms with E-state index < -0.39 is 12.0 Å². The van der Waals surface area contributed by atoms with Crippen molar-refractivity contribution in [3.8, 4) is 0 Å². The summed E-state index contributed by atoms with van der Waals surface area (Å²) < 4.78 is 6.32. The molecule has 2 amide bonds. The Hall–Kier alpha value is -3.16. The summed E-state index contributed by atoms with van der Waals surface area (Å²) in [5.41, 5.74) is 2.09. The Kier molecular flexibility index (Phi) is 11.0. The Balaban J connectivity index is 1.17. The van der Waals surface area contributed by atoms with Crippen LogP contribution in [0.2, 0.25) is 0 Å². The van der Waals surface area contributed by atoms with Gasteiger partial charge >= 0.3 is 11.9 Å². The van der Waals surface area contributed by atoms with Gasteiger partial charge in [0.1, 0.15) is 12.1 Å². The fourth-order valence-corrected chi connectivity index (χ4v) is 12.9.